The number of methoxy groups -OCH3 is 1. The molecule has 2 aromatic rings. The number of benzene rings is 1. The van der Waals surface area contributed by atoms with Gasteiger partial charge in [0, 0.05) is 51.9 Å². The van der Waals surface area contributed by atoms with Crippen molar-refractivity contribution in [2.45, 2.75) is 0 Å². The Hall–Kier alpha value is -0.196. The van der Waals surface area contributed by atoms with E-state index in [-0.39, 0.29) is 43.3 Å². The molecule has 0 N–H and O–H groups in total. The molecule has 0 saturated heterocycles. The number of hydrogen-bond acceptors (Lipinski definition) is 3. The van der Waals surface area contributed by atoms with E-state index in [0.29, 0.717) is 18.9 Å². The van der Waals surface area contributed by atoms with E-state index in [1.807, 2.05) is 18.2 Å². The third kappa shape index (κ3) is 4.65. The first-order valence-electron chi connectivity index (χ1n) is 6.23. The molecule has 0 unspecified atom stereocenters. The maximum absolute atomic E-state index is 11.9. The third-order valence-corrected chi connectivity index (χ3v) is 3.86. The molecule has 7 heteroatoms. The molecular weight excluding hydrogens is 446 g/mol. The summed E-state index contributed by atoms with van der Waals surface area (Å²) in [5, 5.41) is 0.150. The summed E-state index contributed by atoms with van der Waals surface area (Å²) in [4.78, 5) is 11.9. The molecule has 0 amide bonds. The average molecular weight is 461 g/mol. The zero-order valence-corrected chi connectivity index (χ0v) is 17.4. The predicted octanol–water partition coefficient (Wildman–Crippen LogP) is 3.29. The van der Waals surface area contributed by atoms with Gasteiger partial charge in [-0.25, -0.2) is 0 Å². The van der Waals surface area contributed by atoms with Crippen LogP contribution in [0.5, 0.6) is 5.75 Å². The second kappa shape index (κ2) is 9.19. The second-order valence-corrected chi connectivity index (χ2v) is 5.59. The molecule has 0 aliphatic carbocycles. The summed E-state index contributed by atoms with van der Waals surface area (Å²) in [6.07, 6.45) is 0. The van der Waals surface area contributed by atoms with Crippen molar-refractivity contribution < 1.29 is 42.2 Å². The standard InChI is InChI=1S/C15H14BrClNO3.Y/c1-18-14(6-5-13(17)15(18)19)11-4-3-10(9-12(11)16)21-8-7-20-2;/h3-5,9H,7-8H2,1-2H3;/q-1;. The van der Waals surface area contributed by atoms with Crippen molar-refractivity contribution in [3.8, 4) is 17.0 Å². The van der Waals surface area contributed by atoms with E-state index in [9.17, 15) is 4.79 Å². The quantitative estimate of drug-likeness (QED) is 0.508. The minimum absolute atomic E-state index is 0. The maximum Gasteiger partial charge on any atom is 0.212 e. The number of aromatic nitrogens is 1. The molecule has 1 aromatic carbocycles. The van der Waals surface area contributed by atoms with Gasteiger partial charge in [0.15, 0.2) is 0 Å². The van der Waals surface area contributed by atoms with Crippen LogP contribution in [0.15, 0.2) is 33.5 Å². The zero-order valence-electron chi connectivity index (χ0n) is 12.2. The Morgan fingerprint density at radius 1 is 1.36 bits per heavy atom. The summed E-state index contributed by atoms with van der Waals surface area (Å²) < 4.78 is 12.7. The van der Waals surface area contributed by atoms with Gasteiger partial charge in [-0.2, -0.15) is 23.7 Å². The molecule has 1 aromatic heterocycles. The minimum Gasteiger partial charge on any atom is -0.491 e. The summed E-state index contributed by atoms with van der Waals surface area (Å²) in [7, 11) is 3.29. The van der Waals surface area contributed by atoms with Crippen LogP contribution in [-0.4, -0.2) is 24.9 Å². The van der Waals surface area contributed by atoms with E-state index in [1.54, 1.807) is 14.2 Å². The monoisotopic (exact) mass is 459 g/mol. The molecule has 2 rings (SSSR count). The Kier molecular flexibility index (Phi) is 8.29. The first-order chi connectivity index (χ1) is 10.0. The second-order valence-electron chi connectivity index (χ2n) is 4.33. The SMILES string of the molecule is COCCOc1ccc(-c2[c-]cc(Cl)c(=O)n2C)c(Br)c1.[Y]. The molecule has 0 spiro atoms. The molecule has 4 nitrogen and oxygen atoms in total. The molecule has 0 atom stereocenters. The molecule has 0 saturated carbocycles. The van der Waals surface area contributed by atoms with E-state index in [1.165, 1.54) is 10.6 Å². The van der Waals surface area contributed by atoms with Crippen molar-refractivity contribution in [2.24, 2.45) is 7.05 Å². The molecule has 0 aliphatic rings. The number of halogens is 2. The third-order valence-electron chi connectivity index (χ3n) is 2.93. The van der Waals surface area contributed by atoms with Gasteiger partial charge in [0.1, 0.15) is 12.4 Å². The number of rotatable bonds is 5. The van der Waals surface area contributed by atoms with E-state index >= 15 is 0 Å². The molecule has 115 valence electrons. The molecule has 1 heterocycles. The molecule has 0 bridgehead atoms. The average Bonchev–Trinajstić information content (AvgIpc) is 2.46. The van der Waals surface area contributed by atoms with Crippen LogP contribution in [0.1, 0.15) is 0 Å². The summed E-state index contributed by atoms with van der Waals surface area (Å²) in [5.41, 5.74) is 1.24. The first-order valence-corrected chi connectivity index (χ1v) is 7.40. The summed E-state index contributed by atoms with van der Waals surface area (Å²) in [5.74, 6) is 0.724. The Labute approximate surface area is 167 Å². The zero-order chi connectivity index (χ0) is 15.4. The van der Waals surface area contributed by atoms with Crippen LogP contribution in [0, 0.1) is 6.07 Å². The molecule has 1 radical (unpaired) electrons. The normalized spacial score (nSPS) is 10.2. The Bertz CT molecular complexity index is 706. The Morgan fingerprint density at radius 2 is 2.09 bits per heavy atom. The minimum atomic E-state index is -0.252. The Morgan fingerprint density at radius 3 is 2.73 bits per heavy atom. The molecule has 0 aliphatic heterocycles. The van der Waals surface area contributed by atoms with Gasteiger partial charge in [-0.3, -0.25) is 4.79 Å². The van der Waals surface area contributed by atoms with Gasteiger partial charge < -0.3 is 14.0 Å². The van der Waals surface area contributed by atoms with E-state index in [0.717, 1.165) is 15.8 Å². The first kappa shape index (κ1) is 19.8. The topological polar surface area (TPSA) is 40.5 Å². The smallest absolute Gasteiger partial charge is 0.212 e. The number of nitrogens with zero attached hydrogens (tertiary/aromatic N) is 1. The van der Waals surface area contributed by atoms with Gasteiger partial charge in [0.05, 0.1) is 6.61 Å². The van der Waals surface area contributed by atoms with Gasteiger partial charge in [-0.05, 0) is 16.6 Å². The van der Waals surface area contributed by atoms with Crippen LogP contribution in [0.3, 0.4) is 0 Å². The van der Waals surface area contributed by atoms with Crippen LogP contribution in [0.2, 0.25) is 5.02 Å². The van der Waals surface area contributed by atoms with Gasteiger partial charge in [0.2, 0.25) is 5.56 Å². The molecular formula is C15H14BrClNO3Y-. The summed E-state index contributed by atoms with van der Waals surface area (Å²) in [6.45, 7) is 1.01. The number of ether oxygens (including phenoxy) is 2. The molecule has 0 fully saturated rings. The fraction of sp³-hybridized carbons (Fsp3) is 0.267. The van der Waals surface area contributed by atoms with E-state index in [4.69, 9.17) is 21.1 Å². The van der Waals surface area contributed by atoms with E-state index < -0.39 is 0 Å². The largest absolute Gasteiger partial charge is 0.491 e. The summed E-state index contributed by atoms with van der Waals surface area (Å²) >= 11 is 9.29. The van der Waals surface area contributed by atoms with Gasteiger partial charge in [-0.15, -0.1) is 6.07 Å². The molecule has 22 heavy (non-hydrogen) atoms. The van der Waals surface area contributed by atoms with Crippen molar-refractivity contribution >= 4 is 27.5 Å². The van der Waals surface area contributed by atoms with Crippen molar-refractivity contribution in [2.75, 3.05) is 20.3 Å². The maximum atomic E-state index is 11.9. The van der Waals surface area contributed by atoms with Crippen LogP contribution in [-0.2, 0) is 44.5 Å². The van der Waals surface area contributed by atoms with Crippen LogP contribution >= 0.6 is 27.5 Å². The Balaban J connectivity index is 0.00000242. The van der Waals surface area contributed by atoms with Gasteiger partial charge >= 0.3 is 0 Å². The number of hydrogen-bond donors (Lipinski definition) is 0. The van der Waals surface area contributed by atoms with Crippen LogP contribution in [0.25, 0.3) is 11.3 Å². The summed E-state index contributed by atoms with van der Waals surface area (Å²) in [6, 6.07) is 10.0. The fourth-order valence-electron chi connectivity index (χ4n) is 1.83. The van der Waals surface area contributed by atoms with Gasteiger partial charge in [0.25, 0.3) is 0 Å². The van der Waals surface area contributed by atoms with E-state index in [2.05, 4.69) is 22.0 Å². The van der Waals surface area contributed by atoms with Crippen molar-refractivity contribution in [3.05, 3.63) is 50.2 Å². The van der Waals surface area contributed by atoms with Crippen LogP contribution in [0.4, 0.5) is 0 Å². The van der Waals surface area contributed by atoms with Gasteiger partial charge in [-0.1, -0.05) is 27.2 Å². The van der Waals surface area contributed by atoms with Crippen molar-refractivity contribution in [1.82, 2.24) is 4.57 Å². The van der Waals surface area contributed by atoms with Crippen molar-refractivity contribution in [3.63, 3.8) is 0 Å². The van der Waals surface area contributed by atoms with Crippen LogP contribution < -0.4 is 10.3 Å². The van der Waals surface area contributed by atoms with Crippen molar-refractivity contribution in [1.29, 1.82) is 0 Å². The fourth-order valence-corrected chi connectivity index (χ4v) is 2.56. The number of pyridine rings is 1. The predicted molar refractivity (Wildman–Crippen MR) is 86.0 cm³/mol.